The van der Waals surface area contributed by atoms with E-state index in [0.717, 1.165) is 37.9 Å². The summed E-state index contributed by atoms with van der Waals surface area (Å²) < 4.78 is 5.79. The third-order valence-electron chi connectivity index (χ3n) is 4.73. The van der Waals surface area contributed by atoms with E-state index in [1.807, 2.05) is 30.0 Å². The Hall–Kier alpha value is -1.39. The highest BCUT2D eigenvalue weighted by Crippen LogP contribution is 2.30. The Morgan fingerprint density at radius 1 is 1.43 bits per heavy atom. The van der Waals surface area contributed by atoms with Gasteiger partial charge in [-0.1, -0.05) is 24.3 Å². The topological polar surface area (TPSA) is 55.6 Å². The minimum Gasteiger partial charge on any atom is -0.363 e. The fourth-order valence-corrected chi connectivity index (χ4v) is 3.40. The first kappa shape index (κ1) is 14.5. The van der Waals surface area contributed by atoms with Crippen molar-refractivity contribution >= 4 is 5.91 Å². The van der Waals surface area contributed by atoms with Crippen LogP contribution in [0.3, 0.4) is 0 Å². The van der Waals surface area contributed by atoms with Gasteiger partial charge < -0.3 is 15.4 Å². The molecular weight excluding hydrogens is 264 g/mol. The van der Waals surface area contributed by atoms with Gasteiger partial charge >= 0.3 is 0 Å². The third kappa shape index (κ3) is 2.97. The van der Waals surface area contributed by atoms with E-state index in [4.69, 9.17) is 10.5 Å². The summed E-state index contributed by atoms with van der Waals surface area (Å²) >= 11 is 0. The Labute approximate surface area is 126 Å². The molecule has 2 heterocycles. The fourth-order valence-electron chi connectivity index (χ4n) is 3.40. The van der Waals surface area contributed by atoms with Crippen LogP contribution in [0.15, 0.2) is 24.3 Å². The Morgan fingerprint density at radius 2 is 2.24 bits per heavy atom. The number of nitrogens with two attached hydrogens (primary N) is 1. The number of nitrogens with zero attached hydrogens (tertiary/aromatic N) is 1. The Kier molecular flexibility index (Phi) is 4.27. The minimum atomic E-state index is -0.429. The van der Waals surface area contributed by atoms with Gasteiger partial charge in [0, 0.05) is 19.1 Å². The van der Waals surface area contributed by atoms with Crippen molar-refractivity contribution in [2.24, 2.45) is 11.7 Å². The zero-order valence-electron chi connectivity index (χ0n) is 12.6. The van der Waals surface area contributed by atoms with Crippen molar-refractivity contribution in [3.63, 3.8) is 0 Å². The lowest BCUT2D eigenvalue weighted by atomic mass is 9.91. The van der Waals surface area contributed by atoms with Crippen LogP contribution in [-0.2, 0) is 16.0 Å². The molecule has 0 aliphatic carbocycles. The van der Waals surface area contributed by atoms with E-state index < -0.39 is 6.10 Å². The molecular formula is C17H24N2O2. The molecule has 1 aromatic carbocycles. The predicted molar refractivity (Wildman–Crippen MR) is 81.8 cm³/mol. The number of likely N-dealkylation sites (tertiary alicyclic amines) is 1. The van der Waals surface area contributed by atoms with E-state index in [-0.39, 0.29) is 11.9 Å². The highest BCUT2D eigenvalue weighted by molar-refractivity contribution is 5.83. The molecule has 1 saturated heterocycles. The Morgan fingerprint density at radius 3 is 3.05 bits per heavy atom. The lowest BCUT2D eigenvalue weighted by Gasteiger charge is -2.37. The zero-order valence-corrected chi connectivity index (χ0v) is 12.6. The van der Waals surface area contributed by atoms with Crippen LogP contribution in [-0.4, -0.2) is 36.5 Å². The summed E-state index contributed by atoms with van der Waals surface area (Å²) in [6.07, 6.45) is 2.61. The van der Waals surface area contributed by atoms with Gasteiger partial charge in [-0.15, -0.1) is 0 Å². The molecule has 0 unspecified atom stereocenters. The second-order valence-corrected chi connectivity index (χ2v) is 6.25. The number of fused-ring (bicyclic) bond motifs is 1. The SMILES string of the molecule is C[C@H](N)[C@@H]1CCCN(C(=O)[C@@H]2OCCc3ccccc32)C1. The average molecular weight is 288 g/mol. The molecule has 4 heteroatoms. The maximum absolute atomic E-state index is 12.8. The van der Waals surface area contributed by atoms with Crippen molar-refractivity contribution in [1.29, 1.82) is 0 Å². The van der Waals surface area contributed by atoms with Gasteiger partial charge in [-0.25, -0.2) is 0 Å². The van der Waals surface area contributed by atoms with Crippen molar-refractivity contribution in [2.45, 2.75) is 38.3 Å². The summed E-state index contributed by atoms with van der Waals surface area (Å²) in [5.41, 5.74) is 8.29. The molecule has 2 aliphatic heterocycles. The van der Waals surface area contributed by atoms with E-state index in [1.54, 1.807) is 0 Å². The summed E-state index contributed by atoms with van der Waals surface area (Å²) in [5.74, 6) is 0.508. The molecule has 2 aliphatic rings. The fraction of sp³-hybridized carbons (Fsp3) is 0.588. The monoisotopic (exact) mass is 288 g/mol. The van der Waals surface area contributed by atoms with Crippen LogP contribution in [0.5, 0.6) is 0 Å². The zero-order chi connectivity index (χ0) is 14.8. The Balaban J connectivity index is 1.77. The van der Waals surface area contributed by atoms with Crippen molar-refractivity contribution < 1.29 is 9.53 Å². The smallest absolute Gasteiger partial charge is 0.256 e. The maximum atomic E-state index is 12.8. The average Bonchev–Trinajstić information content (AvgIpc) is 2.53. The van der Waals surface area contributed by atoms with Crippen LogP contribution in [0.25, 0.3) is 0 Å². The van der Waals surface area contributed by atoms with E-state index in [9.17, 15) is 4.79 Å². The molecule has 0 spiro atoms. The first-order valence-electron chi connectivity index (χ1n) is 7.90. The summed E-state index contributed by atoms with van der Waals surface area (Å²) in [5, 5.41) is 0. The quantitative estimate of drug-likeness (QED) is 0.904. The second kappa shape index (κ2) is 6.16. The molecule has 1 aromatic rings. The van der Waals surface area contributed by atoms with Crippen LogP contribution in [0.1, 0.15) is 37.0 Å². The van der Waals surface area contributed by atoms with Gasteiger partial charge in [-0.3, -0.25) is 4.79 Å². The van der Waals surface area contributed by atoms with Crippen LogP contribution >= 0.6 is 0 Å². The molecule has 0 aromatic heterocycles. The van der Waals surface area contributed by atoms with E-state index >= 15 is 0 Å². The van der Waals surface area contributed by atoms with E-state index in [0.29, 0.717) is 12.5 Å². The maximum Gasteiger partial charge on any atom is 0.256 e. The molecule has 2 N–H and O–H groups in total. The normalized spacial score (nSPS) is 27.0. The molecule has 1 amide bonds. The molecule has 114 valence electrons. The number of rotatable bonds is 2. The van der Waals surface area contributed by atoms with Crippen LogP contribution < -0.4 is 5.73 Å². The van der Waals surface area contributed by atoms with Crippen LogP contribution in [0.4, 0.5) is 0 Å². The largest absolute Gasteiger partial charge is 0.363 e. The third-order valence-corrected chi connectivity index (χ3v) is 4.73. The molecule has 21 heavy (non-hydrogen) atoms. The van der Waals surface area contributed by atoms with Gasteiger partial charge in [-0.05, 0) is 43.2 Å². The van der Waals surface area contributed by atoms with Crippen molar-refractivity contribution in [2.75, 3.05) is 19.7 Å². The molecule has 3 rings (SSSR count). The highest BCUT2D eigenvalue weighted by Gasteiger charge is 2.33. The number of piperidine rings is 1. The summed E-state index contributed by atoms with van der Waals surface area (Å²) in [7, 11) is 0. The molecule has 0 saturated carbocycles. The first-order chi connectivity index (χ1) is 10.2. The van der Waals surface area contributed by atoms with Crippen molar-refractivity contribution in [3.8, 4) is 0 Å². The molecule has 0 radical (unpaired) electrons. The summed E-state index contributed by atoms with van der Waals surface area (Å²) in [6, 6.07) is 8.26. The number of carbonyl (C=O) groups is 1. The van der Waals surface area contributed by atoms with E-state index in [2.05, 4.69) is 6.07 Å². The second-order valence-electron chi connectivity index (χ2n) is 6.25. The minimum absolute atomic E-state index is 0.104. The number of carbonyl (C=O) groups excluding carboxylic acids is 1. The lowest BCUT2D eigenvalue weighted by Crippen LogP contribution is -2.47. The number of amides is 1. The highest BCUT2D eigenvalue weighted by atomic mass is 16.5. The van der Waals surface area contributed by atoms with Gasteiger partial charge in [-0.2, -0.15) is 0 Å². The standard InChI is InChI=1S/C17H24N2O2/c1-12(18)14-6-4-9-19(11-14)17(20)16-15-7-3-2-5-13(15)8-10-21-16/h2-3,5,7,12,14,16H,4,6,8-11,18H2,1H3/t12-,14+,16+/m0/s1. The van der Waals surface area contributed by atoms with Gasteiger partial charge in [0.25, 0.3) is 5.91 Å². The van der Waals surface area contributed by atoms with Gasteiger partial charge in [0.1, 0.15) is 0 Å². The van der Waals surface area contributed by atoms with Gasteiger partial charge in [0.05, 0.1) is 6.61 Å². The molecule has 1 fully saturated rings. The van der Waals surface area contributed by atoms with Crippen LogP contribution in [0, 0.1) is 5.92 Å². The number of hydrogen-bond donors (Lipinski definition) is 1. The van der Waals surface area contributed by atoms with Crippen molar-refractivity contribution in [1.82, 2.24) is 4.90 Å². The van der Waals surface area contributed by atoms with Gasteiger partial charge in [0.2, 0.25) is 0 Å². The van der Waals surface area contributed by atoms with Crippen molar-refractivity contribution in [3.05, 3.63) is 35.4 Å². The summed E-state index contributed by atoms with van der Waals surface area (Å²) in [4.78, 5) is 14.8. The van der Waals surface area contributed by atoms with Gasteiger partial charge in [0.15, 0.2) is 6.10 Å². The lowest BCUT2D eigenvalue weighted by molar-refractivity contribution is -0.147. The number of ether oxygens (including phenoxy) is 1. The molecule has 3 atom stereocenters. The summed E-state index contributed by atoms with van der Waals surface area (Å²) in [6.45, 7) is 4.24. The number of hydrogen-bond acceptors (Lipinski definition) is 3. The van der Waals surface area contributed by atoms with Crippen LogP contribution in [0.2, 0.25) is 0 Å². The first-order valence-corrected chi connectivity index (χ1v) is 7.90. The molecule has 4 nitrogen and oxygen atoms in total. The number of benzene rings is 1. The van der Waals surface area contributed by atoms with E-state index in [1.165, 1.54) is 5.56 Å². The predicted octanol–water partition coefficient (Wildman–Crippen LogP) is 1.89. The Bertz CT molecular complexity index is 515. The molecule has 0 bridgehead atoms.